The molecule has 3 rings (SSSR count). The zero-order valence-electron chi connectivity index (χ0n) is 16.4. The van der Waals surface area contributed by atoms with Gasteiger partial charge in [0.05, 0.1) is 5.02 Å². The molecule has 0 radical (unpaired) electrons. The molecule has 6 nitrogen and oxygen atoms in total. The maximum atomic E-state index is 12.8. The molecular formula is C21H26ClN3O3S. The molecular weight excluding hydrogens is 410 g/mol. The Morgan fingerprint density at radius 3 is 2.31 bits per heavy atom. The minimum absolute atomic E-state index is 0.0348. The molecule has 2 aromatic rings. The molecule has 0 saturated carbocycles. The van der Waals surface area contributed by atoms with E-state index in [1.165, 1.54) is 15.9 Å². The van der Waals surface area contributed by atoms with E-state index in [1.807, 2.05) is 25.1 Å². The highest BCUT2D eigenvalue weighted by Gasteiger charge is 2.31. The second-order valence-electron chi connectivity index (χ2n) is 7.20. The molecule has 1 saturated heterocycles. The average Bonchev–Trinajstić information content (AvgIpc) is 2.73. The Hall–Kier alpha value is -2.09. The second kappa shape index (κ2) is 9.61. The highest BCUT2D eigenvalue weighted by molar-refractivity contribution is 7.89. The lowest BCUT2D eigenvalue weighted by Gasteiger charge is -2.34. The Bertz CT molecular complexity index is 929. The van der Waals surface area contributed by atoms with Crippen molar-refractivity contribution < 1.29 is 13.2 Å². The molecule has 8 heteroatoms. The van der Waals surface area contributed by atoms with Gasteiger partial charge in [0, 0.05) is 32.2 Å². The summed E-state index contributed by atoms with van der Waals surface area (Å²) < 4.78 is 27.0. The molecule has 1 aliphatic heterocycles. The number of nitrogens with zero attached hydrogens (tertiary/aromatic N) is 2. The average molecular weight is 436 g/mol. The fourth-order valence-electron chi connectivity index (χ4n) is 3.33. The minimum Gasteiger partial charge on any atom is -0.336 e. The third-order valence-corrected chi connectivity index (χ3v) is 7.46. The van der Waals surface area contributed by atoms with Gasteiger partial charge in [0.2, 0.25) is 10.0 Å². The summed E-state index contributed by atoms with van der Waals surface area (Å²) >= 11 is 6.06. The number of carbonyl (C=O) groups excluding carboxylic acids is 1. The number of urea groups is 1. The van der Waals surface area contributed by atoms with Gasteiger partial charge in [-0.2, -0.15) is 4.31 Å². The third-order valence-electron chi connectivity index (χ3n) is 5.06. The molecule has 2 amide bonds. The fourth-order valence-corrected chi connectivity index (χ4v) is 5.24. The topological polar surface area (TPSA) is 69.7 Å². The highest BCUT2D eigenvalue weighted by atomic mass is 35.5. The molecule has 156 valence electrons. The van der Waals surface area contributed by atoms with Gasteiger partial charge in [-0.3, -0.25) is 0 Å². The third kappa shape index (κ3) is 5.50. The van der Waals surface area contributed by atoms with Gasteiger partial charge in [0.1, 0.15) is 4.90 Å². The minimum atomic E-state index is -3.66. The standard InChI is InChI=1S/C21H26ClN3O3S/c1-17(11-12-18-7-3-2-4-8-18)23-21(26)24-13-15-25(16-14-24)29(27,28)20-10-6-5-9-19(20)22/h2-10,17H,11-16H2,1H3,(H,23,26)/t17-/m0/s1. The monoisotopic (exact) mass is 435 g/mol. The van der Waals surface area contributed by atoms with E-state index in [1.54, 1.807) is 23.1 Å². The van der Waals surface area contributed by atoms with Gasteiger partial charge in [-0.1, -0.05) is 54.1 Å². The first-order chi connectivity index (χ1) is 13.9. The molecule has 1 fully saturated rings. The summed E-state index contributed by atoms with van der Waals surface area (Å²) in [5, 5.41) is 3.22. The first-order valence-electron chi connectivity index (χ1n) is 9.72. The van der Waals surface area contributed by atoms with Crippen molar-refractivity contribution >= 4 is 27.7 Å². The van der Waals surface area contributed by atoms with Gasteiger partial charge < -0.3 is 10.2 Å². The molecule has 0 aromatic heterocycles. The Labute approximate surface area is 177 Å². The van der Waals surface area contributed by atoms with Crippen molar-refractivity contribution in [2.75, 3.05) is 26.2 Å². The number of nitrogens with one attached hydrogen (secondary N) is 1. The van der Waals surface area contributed by atoms with E-state index >= 15 is 0 Å². The number of sulfonamides is 1. The van der Waals surface area contributed by atoms with Crippen LogP contribution in [0.4, 0.5) is 4.79 Å². The van der Waals surface area contributed by atoms with Crippen molar-refractivity contribution in [3.05, 3.63) is 65.2 Å². The van der Waals surface area contributed by atoms with Gasteiger partial charge >= 0.3 is 6.03 Å². The van der Waals surface area contributed by atoms with E-state index in [-0.39, 0.29) is 35.1 Å². The van der Waals surface area contributed by atoms with Crippen LogP contribution < -0.4 is 5.32 Å². The zero-order valence-corrected chi connectivity index (χ0v) is 18.0. The van der Waals surface area contributed by atoms with Crippen molar-refractivity contribution in [3.8, 4) is 0 Å². The van der Waals surface area contributed by atoms with E-state index in [0.717, 1.165) is 12.8 Å². The van der Waals surface area contributed by atoms with Crippen LogP contribution in [0.15, 0.2) is 59.5 Å². The van der Waals surface area contributed by atoms with E-state index in [4.69, 9.17) is 11.6 Å². The Kier molecular flexibility index (Phi) is 7.16. The number of amides is 2. The number of rotatable bonds is 6. The van der Waals surface area contributed by atoms with Crippen LogP contribution in [-0.2, 0) is 16.4 Å². The summed E-state index contributed by atoms with van der Waals surface area (Å²) in [6.07, 6.45) is 1.74. The van der Waals surface area contributed by atoms with Gasteiger partial charge in [0.15, 0.2) is 0 Å². The number of hydrogen-bond acceptors (Lipinski definition) is 3. The Morgan fingerprint density at radius 2 is 1.66 bits per heavy atom. The second-order valence-corrected chi connectivity index (χ2v) is 9.51. The van der Waals surface area contributed by atoms with Crippen molar-refractivity contribution in [2.24, 2.45) is 0 Å². The van der Waals surface area contributed by atoms with Crippen molar-refractivity contribution in [1.82, 2.24) is 14.5 Å². The summed E-state index contributed by atoms with van der Waals surface area (Å²) in [7, 11) is -3.66. The van der Waals surface area contributed by atoms with Crippen molar-refractivity contribution in [3.63, 3.8) is 0 Å². The molecule has 1 aliphatic rings. The lowest BCUT2D eigenvalue weighted by molar-refractivity contribution is 0.169. The lowest BCUT2D eigenvalue weighted by Crippen LogP contribution is -2.54. The molecule has 0 aliphatic carbocycles. The van der Waals surface area contributed by atoms with E-state index in [0.29, 0.717) is 13.1 Å². The normalized spacial score (nSPS) is 16.4. The van der Waals surface area contributed by atoms with Crippen LogP contribution in [0.3, 0.4) is 0 Å². The smallest absolute Gasteiger partial charge is 0.317 e. The first-order valence-corrected chi connectivity index (χ1v) is 11.5. The molecule has 29 heavy (non-hydrogen) atoms. The van der Waals surface area contributed by atoms with Gasteiger partial charge in [0.25, 0.3) is 0 Å². The number of halogens is 1. The molecule has 1 heterocycles. The zero-order chi connectivity index (χ0) is 20.9. The van der Waals surface area contributed by atoms with Crippen LogP contribution in [0.25, 0.3) is 0 Å². The lowest BCUT2D eigenvalue weighted by atomic mass is 10.1. The Balaban J connectivity index is 1.50. The number of aryl methyl sites for hydroxylation is 1. The number of piperazine rings is 1. The molecule has 0 unspecified atom stereocenters. The van der Waals surface area contributed by atoms with Crippen LogP contribution in [-0.4, -0.2) is 55.9 Å². The summed E-state index contributed by atoms with van der Waals surface area (Å²) in [6.45, 7) is 3.18. The maximum Gasteiger partial charge on any atom is 0.317 e. The summed E-state index contributed by atoms with van der Waals surface area (Å²) in [4.78, 5) is 14.3. The SMILES string of the molecule is C[C@@H](CCc1ccccc1)NC(=O)N1CCN(S(=O)(=O)c2ccccc2Cl)CC1. The van der Waals surface area contributed by atoms with Gasteiger partial charge in [-0.15, -0.1) is 0 Å². The van der Waals surface area contributed by atoms with Crippen LogP contribution in [0.5, 0.6) is 0 Å². The fraction of sp³-hybridized carbons (Fsp3) is 0.381. The quantitative estimate of drug-likeness (QED) is 0.756. The number of hydrogen-bond donors (Lipinski definition) is 1. The predicted octanol–water partition coefficient (Wildman–Crippen LogP) is 3.38. The van der Waals surface area contributed by atoms with Crippen LogP contribution in [0.1, 0.15) is 18.9 Å². The molecule has 0 bridgehead atoms. The Morgan fingerprint density at radius 1 is 1.03 bits per heavy atom. The van der Waals surface area contributed by atoms with Crippen molar-refractivity contribution in [1.29, 1.82) is 0 Å². The molecule has 0 spiro atoms. The molecule has 1 N–H and O–H groups in total. The van der Waals surface area contributed by atoms with E-state index in [2.05, 4.69) is 17.4 Å². The highest BCUT2D eigenvalue weighted by Crippen LogP contribution is 2.25. The first kappa shape index (κ1) is 21.6. The summed E-state index contributed by atoms with van der Waals surface area (Å²) in [5.74, 6) is 0. The van der Waals surface area contributed by atoms with Crippen LogP contribution in [0, 0.1) is 0 Å². The molecule has 2 aromatic carbocycles. The maximum absolute atomic E-state index is 12.8. The summed E-state index contributed by atoms with van der Waals surface area (Å²) in [6, 6.07) is 16.5. The van der Waals surface area contributed by atoms with E-state index < -0.39 is 10.0 Å². The molecule has 1 atom stereocenters. The van der Waals surface area contributed by atoms with E-state index in [9.17, 15) is 13.2 Å². The van der Waals surface area contributed by atoms with Crippen LogP contribution >= 0.6 is 11.6 Å². The van der Waals surface area contributed by atoms with Crippen molar-refractivity contribution in [2.45, 2.75) is 30.7 Å². The number of benzene rings is 2. The largest absolute Gasteiger partial charge is 0.336 e. The number of carbonyl (C=O) groups is 1. The van der Waals surface area contributed by atoms with Gasteiger partial charge in [-0.25, -0.2) is 13.2 Å². The predicted molar refractivity (Wildman–Crippen MR) is 115 cm³/mol. The van der Waals surface area contributed by atoms with Crippen LogP contribution in [0.2, 0.25) is 5.02 Å². The van der Waals surface area contributed by atoms with Gasteiger partial charge in [-0.05, 0) is 37.5 Å². The summed E-state index contributed by atoms with van der Waals surface area (Å²) in [5.41, 5.74) is 1.24.